The first-order valence-electron chi connectivity index (χ1n) is 4.47. The van der Waals surface area contributed by atoms with E-state index in [0.29, 0.717) is 18.4 Å². The third-order valence-electron chi connectivity index (χ3n) is 2.69. The van der Waals surface area contributed by atoms with Gasteiger partial charge in [-0.3, -0.25) is 0 Å². The number of phenols is 1. The van der Waals surface area contributed by atoms with Crippen LogP contribution in [0.3, 0.4) is 0 Å². The Hall–Kier alpha value is -1.13. The van der Waals surface area contributed by atoms with E-state index in [4.69, 9.17) is 10.8 Å². The molecule has 14 heavy (non-hydrogen) atoms. The van der Waals surface area contributed by atoms with Crippen LogP contribution in [0.1, 0.15) is 18.4 Å². The minimum atomic E-state index is -0.772. The Labute approximate surface area is 81.0 Å². The maximum absolute atomic E-state index is 12.9. The molecule has 0 heterocycles. The molecule has 1 aromatic rings. The lowest BCUT2D eigenvalue weighted by atomic mass is 9.70. The number of hydrogen-bond acceptors (Lipinski definition) is 3. The van der Waals surface area contributed by atoms with Crippen LogP contribution in [0.5, 0.6) is 5.75 Å². The minimum Gasteiger partial charge on any atom is -0.508 e. The Morgan fingerprint density at radius 1 is 1.43 bits per heavy atom. The zero-order valence-electron chi connectivity index (χ0n) is 7.57. The number of hydrogen-bond donors (Lipinski definition) is 3. The monoisotopic (exact) mass is 197 g/mol. The molecule has 2 rings (SSSR count). The maximum Gasteiger partial charge on any atom is 0.123 e. The van der Waals surface area contributed by atoms with E-state index in [2.05, 4.69) is 0 Å². The number of benzene rings is 1. The maximum atomic E-state index is 12.9. The van der Waals surface area contributed by atoms with Crippen molar-refractivity contribution in [2.45, 2.75) is 24.5 Å². The van der Waals surface area contributed by atoms with E-state index in [1.807, 2.05) is 0 Å². The van der Waals surface area contributed by atoms with Gasteiger partial charge in [-0.25, -0.2) is 4.39 Å². The van der Waals surface area contributed by atoms with Gasteiger partial charge in [0, 0.05) is 11.1 Å². The quantitative estimate of drug-likeness (QED) is 0.625. The molecule has 0 aliphatic heterocycles. The Morgan fingerprint density at radius 2 is 2.07 bits per heavy atom. The van der Waals surface area contributed by atoms with Gasteiger partial charge in [0.05, 0.1) is 6.10 Å². The molecule has 1 aliphatic carbocycles. The van der Waals surface area contributed by atoms with Gasteiger partial charge in [-0.05, 0) is 31.0 Å². The molecule has 0 radical (unpaired) electrons. The van der Waals surface area contributed by atoms with E-state index in [0.717, 1.165) is 0 Å². The molecule has 4 heteroatoms. The van der Waals surface area contributed by atoms with Crippen LogP contribution in [0.25, 0.3) is 0 Å². The number of aliphatic hydroxyl groups is 1. The number of rotatable bonds is 1. The van der Waals surface area contributed by atoms with Crippen molar-refractivity contribution >= 4 is 0 Å². The summed E-state index contributed by atoms with van der Waals surface area (Å²) in [4.78, 5) is 0. The van der Waals surface area contributed by atoms with Crippen LogP contribution < -0.4 is 5.73 Å². The lowest BCUT2D eigenvalue weighted by Crippen LogP contribution is -2.51. The van der Waals surface area contributed by atoms with E-state index in [-0.39, 0.29) is 5.75 Å². The number of phenolic OH excluding ortho intramolecular Hbond substituents is 1. The largest absolute Gasteiger partial charge is 0.508 e. The standard InChI is InChI=1S/C10H12FNO2/c11-6-1-2-9(14)8(3-6)10(12)4-7(13)5-10/h1-3,7,13-14H,4-5,12H2. The van der Waals surface area contributed by atoms with Crippen molar-refractivity contribution in [2.75, 3.05) is 0 Å². The fraction of sp³-hybridized carbons (Fsp3) is 0.400. The molecular formula is C10H12FNO2. The number of halogens is 1. The first kappa shape index (κ1) is 9.43. The van der Waals surface area contributed by atoms with E-state index in [1.165, 1.54) is 18.2 Å². The highest BCUT2D eigenvalue weighted by Crippen LogP contribution is 2.42. The third-order valence-corrected chi connectivity index (χ3v) is 2.69. The summed E-state index contributed by atoms with van der Waals surface area (Å²) in [6.07, 6.45) is 0.288. The van der Waals surface area contributed by atoms with E-state index in [1.54, 1.807) is 0 Å². The van der Waals surface area contributed by atoms with Gasteiger partial charge in [0.15, 0.2) is 0 Å². The van der Waals surface area contributed by atoms with Gasteiger partial charge in [-0.1, -0.05) is 0 Å². The van der Waals surface area contributed by atoms with Gasteiger partial charge in [-0.2, -0.15) is 0 Å². The van der Waals surface area contributed by atoms with Crippen molar-refractivity contribution in [3.05, 3.63) is 29.6 Å². The zero-order chi connectivity index (χ0) is 10.3. The van der Waals surface area contributed by atoms with Crippen LogP contribution in [0.2, 0.25) is 0 Å². The van der Waals surface area contributed by atoms with Crippen LogP contribution in [0.15, 0.2) is 18.2 Å². The van der Waals surface area contributed by atoms with Crippen molar-refractivity contribution < 1.29 is 14.6 Å². The van der Waals surface area contributed by atoms with Gasteiger partial charge in [0.2, 0.25) is 0 Å². The van der Waals surface area contributed by atoms with Crippen molar-refractivity contribution in [1.29, 1.82) is 0 Å². The van der Waals surface area contributed by atoms with Crippen LogP contribution in [-0.2, 0) is 5.54 Å². The summed E-state index contributed by atoms with van der Waals surface area (Å²) < 4.78 is 12.9. The van der Waals surface area contributed by atoms with Crippen LogP contribution in [0, 0.1) is 5.82 Å². The topological polar surface area (TPSA) is 66.5 Å². The van der Waals surface area contributed by atoms with Crippen LogP contribution >= 0.6 is 0 Å². The second-order valence-electron chi connectivity index (χ2n) is 3.88. The molecule has 0 unspecified atom stereocenters. The van der Waals surface area contributed by atoms with Crippen molar-refractivity contribution in [3.8, 4) is 5.75 Å². The highest BCUT2D eigenvalue weighted by atomic mass is 19.1. The highest BCUT2D eigenvalue weighted by molar-refractivity contribution is 5.40. The summed E-state index contributed by atoms with van der Waals surface area (Å²) in [5.74, 6) is -0.440. The predicted octanol–water partition coefficient (Wildman–Crippen LogP) is 0.840. The smallest absolute Gasteiger partial charge is 0.123 e. The Balaban J connectivity index is 2.36. The van der Waals surface area contributed by atoms with Crippen molar-refractivity contribution in [2.24, 2.45) is 5.73 Å². The predicted molar refractivity (Wildman–Crippen MR) is 49.2 cm³/mol. The molecule has 1 aliphatic rings. The Morgan fingerprint density at radius 3 is 2.64 bits per heavy atom. The average molecular weight is 197 g/mol. The first-order chi connectivity index (χ1) is 6.51. The van der Waals surface area contributed by atoms with Gasteiger partial charge in [-0.15, -0.1) is 0 Å². The zero-order valence-corrected chi connectivity index (χ0v) is 7.57. The van der Waals surface area contributed by atoms with Gasteiger partial charge < -0.3 is 15.9 Å². The molecule has 0 saturated heterocycles. The normalized spacial score (nSPS) is 31.2. The first-order valence-corrected chi connectivity index (χ1v) is 4.47. The third kappa shape index (κ3) is 1.36. The molecule has 76 valence electrons. The number of aliphatic hydroxyl groups excluding tert-OH is 1. The molecule has 0 aromatic heterocycles. The lowest BCUT2D eigenvalue weighted by Gasteiger charge is -2.42. The summed E-state index contributed by atoms with van der Waals surface area (Å²) in [7, 11) is 0. The van der Waals surface area contributed by atoms with Gasteiger partial charge in [0.1, 0.15) is 11.6 Å². The number of nitrogens with two attached hydrogens (primary N) is 1. The van der Waals surface area contributed by atoms with E-state index >= 15 is 0 Å². The molecule has 3 nitrogen and oxygen atoms in total. The fourth-order valence-electron chi connectivity index (χ4n) is 1.91. The fourth-order valence-corrected chi connectivity index (χ4v) is 1.91. The lowest BCUT2D eigenvalue weighted by molar-refractivity contribution is 0.0197. The molecule has 1 aromatic carbocycles. The van der Waals surface area contributed by atoms with Crippen LogP contribution in [-0.4, -0.2) is 16.3 Å². The van der Waals surface area contributed by atoms with Gasteiger partial charge in [0.25, 0.3) is 0 Å². The Kier molecular flexibility index (Phi) is 1.97. The molecule has 1 saturated carbocycles. The van der Waals surface area contributed by atoms with Crippen molar-refractivity contribution in [3.63, 3.8) is 0 Å². The van der Waals surface area contributed by atoms with Crippen molar-refractivity contribution in [1.82, 2.24) is 0 Å². The summed E-state index contributed by atoms with van der Waals surface area (Å²) in [5, 5.41) is 18.6. The SMILES string of the molecule is NC1(c2cc(F)ccc2O)CC(O)C1. The molecular weight excluding hydrogens is 185 g/mol. The van der Waals surface area contributed by atoms with E-state index < -0.39 is 17.5 Å². The minimum absolute atomic E-state index is 0.0131. The summed E-state index contributed by atoms with van der Waals surface area (Å²) >= 11 is 0. The molecule has 0 spiro atoms. The summed E-state index contributed by atoms with van der Waals surface area (Å²) in [6, 6.07) is 3.68. The van der Waals surface area contributed by atoms with Gasteiger partial charge >= 0.3 is 0 Å². The van der Waals surface area contributed by atoms with E-state index in [9.17, 15) is 9.50 Å². The second kappa shape index (κ2) is 2.93. The molecule has 0 amide bonds. The average Bonchev–Trinajstić information content (AvgIpc) is 2.07. The second-order valence-corrected chi connectivity index (χ2v) is 3.88. The Bertz CT molecular complexity index is 361. The number of aromatic hydroxyl groups is 1. The summed E-state index contributed by atoms with van der Waals surface area (Å²) in [6.45, 7) is 0. The summed E-state index contributed by atoms with van der Waals surface area (Å²) in [5.41, 5.74) is 5.50. The molecule has 4 N–H and O–H groups in total. The highest BCUT2D eigenvalue weighted by Gasteiger charge is 2.43. The molecule has 0 atom stereocenters. The molecule has 1 fully saturated rings. The van der Waals surface area contributed by atoms with Crippen LogP contribution in [0.4, 0.5) is 4.39 Å². The molecule has 0 bridgehead atoms.